The van der Waals surface area contributed by atoms with Crippen LogP contribution < -0.4 is 5.56 Å². The van der Waals surface area contributed by atoms with Crippen molar-refractivity contribution in [2.24, 2.45) is 7.05 Å². The molecule has 1 amide bonds. The molecule has 1 aliphatic heterocycles. The van der Waals surface area contributed by atoms with Crippen LogP contribution in [0.4, 0.5) is 0 Å². The molecule has 4 heteroatoms. The van der Waals surface area contributed by atoms with E-state index < -0.39 is 0 Å². The normalized spacial score (nSPS) is 18.9. The van der Waals surface area contributed by atoms with Gasteiger partial charge in [-0.05, 0) is 30.4 Å². The lowest BCUT2D eigenvalue weighted by Gasteiger charge is -2.26. The summed E-state index contributed by atoms with van der Waals surface area (Å²) >= 11 is 0. The van der Waals surface area contributed by atoms with Crippen molar-refractivity contribution in [1.29, 1.82) is 0 Å². The molecule has 0 spiro atoms. The second-order valence-electron chi connectivity index (χ2n) is 6.52. The molecule has 0 saturated carbocycles. The Kier molecular flexibility index (Phi) is 3.60. The summed E-state index contributed by atoms with van der Waals surface area (Å²) in [4.78, 5) is 27.4. The summed E-state index contributed by atoms with van der Waals surface area (Å²) < 4.78 is 1.53. The molecule has 1 saturated heterocycles. The van der Waals surface area contributed by atoms with Gasteiger partial charge in [-0.25, -0.2) is 0 Å². The Labute approximate surface area is 141 Å². The highest BCUT2D eigenvalue weighted by Crippen LogP contribution is 2.34. The molecule has 1 fully saturated rings. The van der Waals surface area contributed by atoms with Gasteiger partial charge in [-0.2, -0.15) is 0 Å². The number of carbonyl (C=O) groups is 1. The van der Waals surface area contributed by atoms with Gasteiger partial charge in [0.1, 0.15) is 0 Å². The predicted octanol–water partition coefficient (Wildman–Crippen LogP) is 2.93. The van der Waals surface area contributed by atoms with Gasteiger partial charge in [0.05, 0.1) is 11.6 Å². The maximum Gasteiger partial charge on any atom is 0.256 e. The topological polar surface area (TPSA) is 42.3 Å². The molecule has 0 N–H and O–H groups in total. The van der Waals surface area contributed by atoms with Crippen LogP contribution in [0.25, 0.3) is 6.08 Å². The summed E-state index contributed by atoms with van der Waals surface area (Å²) in [6.07, 6.45) is 8.18. The summed E-state index contributed by atoms with van der Waals surface area (Å²) in [5.41, 5.74) is 3.36. The molecule has 1 unspecified atom stereocenters. The molecule has 4 nitrogen and oxygen atoms in total. The quantitative estimate of drug-likeness (QED) is 0.854. The van der Waals surface area contributed by atoms with E-state index in [9.17, 15) is 9.59 Å². The molecular weight excluding hydrogens is 300 g/mol. The van der Waals surface area contributed by atoms with Gasteiger partial charge in [0.2, 0.25) is 0 Å². The second kappa shape index (κ2) is 5.78. The first kappa shape index (κ1) is 14.9. The van der Waals surface area contributed by atoms with Crippen LogP contribution in [0.1, 0.15) is 45.9 Å². The number of fused-ring (bicyclic) bond motifs is 1. The third kappa shape index (κ3) is 2.30. The zero-order chi connectivity index (χ0) is 16.7. The number of amides is 1. The van der Waals surface area contributed by atoms with Gasteiger partial charge in [0.25, 0.3) is 11.5 Å². The highest BCUT2D eigenvalue weighted by molar-refractivity contribution is 5.99. The minimum Gasteiger partial charge on any atom is -0.332 e. The zero-order valence-corrected chi connectivity index (χ0v) is 13.7. The maximum absolute atomic E-state index is 13.2. The predicted molar refractivity (Wildman–Crippen MR) is 93.9 cm³/mol. The second-order valence-corrected chi connectivity index (χ2v) is 6.52. The molecule has 0 bridgehead atoms. The van der Waals surface area contributed by atoms with Crippen LogP contribution in [-0.4, -0.2) is 21.9 Å². The maximum atomic E-state index is 13.2. The highest BCUT2D eigenvalue weighted by atomic mass is 16.2. The molecule has 1 aromatic carbocycles. The van der Waals surface area contributed by atoms with Gasteiger partial charge in [-0.1, -0.05) is 42.5 Å². The number of rotatable bonds is 2. The number of pyridine rings is 1. The highest BCUT2D eigenvalue weighted by Gasteiger charge is 2.32. The number of allylic oxidation sites excluding steroid dienone is 1. The summed E-state index contributed by atoms with van der Waals surface area (Å²) in [6, 6.07) is 10.3. The van der Waals surface area contributed by atoms with Crippen LogP contribution in [-0.2, 0) is 13.5 Å². The molecule has 1 aliphatic carbocycles. The van der Waals surface area contributed by atoms with E-state index >= 15 is 0 Å². The number of hydrogen-bond donors (Lipinski definition) is 0. The molecule has 0 radical (unpaired) electrons. The first-order chi connectivity index (χ1) is 11.7. The van der Waals surface area contributed by atoms with E-state index in [1.807, 2.05) is 35.3 Å². The van der Waals surface area contributed by atoms with Crippen LogP contribution in [0.15, 0.2) is 47.4 Å². The number of hydrogen-bond acceptors (Lipinski definition) is 2. The summed E-state index contributed by atoms with van der Waals surface area (Å²) in [7, 11) is 1.72. The van der Waals surface area contributed by atoms with E-state index in [1.54, 1.807) is 13.2 Å². The van der Waals surface area contributed by atoms with Crippen molar-refractivity contribution in [1.82, 2.24) is 9.47 Å². The monoisotopic (exact) mass is 320 g/mol. The van der Waals surface area contributed by atoms with Crippen LogP contribution in [0.2, 0.25) is 0 Å². The van der Waals surface area contributed by atoms with Crippen molar-refractivity contribution in [2.45, 2.75) is 25.3 Å². The molecule has 24 heavy (non-hydrogen) atoms. The SMILES string of the molecule is Cn1cc(C(=O)N2CCCC2c2ccccc2)c2c(c1=O)CC=C2. The largest absolute Gasteiger partial charge is 0.332 e. The average Bonchev–Trinajstić information content (AvgIpc) is 3.27. The van der Waals surface area contributed by atoms with E-state index in [4.69, 9.17) is 0 Å². The fourth-order valence-corrected chi connectivity index (χ4v) is 3.85. The Morgan fingerprint density at radius 2 is 2.00 bits per heavy atom. The van der Waals surface area contributed by atoms with E-state index in [-0.39, 0.29) is 17.5 Å². The number of nitrogens with zero attached hydrogens (tertiary/aromatic N) is 2. The minimum atomic E-state index is -0.00687. The lowest BCUT2D eigenvalue weighted by atomic mass is 10.0. The van der Waals surface area contributed by atoms with Crippen molar-refractivity contribution >= 4 is 12.0 Å². The number of aromatic nitrogens is 1. The van der Waals surface area contributed by atoms with E-state index in [1.165, 1.54) is 10.1 Å². The Hall–Kier alpha value is -2.62. The van der Waals surface area contributed by atoms with Gasteiger partial charge in [0.15, 0.2) is 0 Å². The number of aryl methyl sites for hydroxylation is 1. The van der Waals surface area contributed by atoms with Gasteiger partial charge in [-0.3, -0.25) is 9.59 Å². The van der Waals surface area contributed by atoms with Crippen molar-refractivity contribution in [2.75, 3.05) is 6.54 Å². The number of carbonyl (C=O) groups excluding carboxylic acids is 1. The number of likely N-dealkylation sites (tertiary alicyclic amines) is 1. The molecule has 2 heterocycles. The first-order valence-corrected chi connectivity index (χ1v) is 8.42. The van der Waals surface area contributed by atoms with Crippen molar-refractivity contribution < 1.29 is 4.79 Å². The summed E-state index contributed by atoms with van der Waals surface area (Å²) in [6.45, 7) is 0.764. The zero-order valence-electron chi connectivity index (χ0n) is 13.7. The van der Waals surface area contributed by atoms with Crippen LogP contribution in [0.5, 0.6) is 0 Å². The smallest absolute Gasteiger partial charge is 0.256 e. The van der Waals surface area contributed by atoms with Crippen LogP contribution in [0.3, 0.4) is 0 Å². The molecule has 4 rings (SSSR count). The molecular formula is C20H20N2O2. The standard InChI is InChI=1S/C20H20N2O2/c1-21-13-17(15-9-5-10-16(15)19(21)23)20(24)22-12-6-11-18(22)14-7-3-2-4-8-14/h2-5,7-9,13,18H,6,10-12H2,1H3. The van der Waals surface area contributed by atoms with E-state index in [2.05, 4.69) is 12.1 Å². The Balaban J connectivity index is 1.74. The Bertz CT molecular complexity index is 881. The van der Waals surface area contributed by atoms with Gasteiger partial charge in [0, 0.05) is 25.4 Å². The number of benzene rings is 1. The van der Waals surface area contributed by atoms with Gasteiger partial charge in [-0.15, -0.1) is 0 Å². The van der Waals surface area contributed by atoms with Crippen molar-refractivity contribution in [3.63, 3.8) is 0 Å². The molecule has 2 aromatic rings. The average molecular weight is 320 g/mol. The Morgan fingerprint density at radius 3 is 2.79 bits per heavy atom. The van der Waals surface area contributed by atoms with E-state index in [0.29, 0.717) is 12.0 Å². The summed E-state index contributed by atoms with van der Waals surface area (Å²) in [5, 5.41) is 0. The fourth-order valence-electron chi connectivity index (χ4n) is 3.85. The lowest BCUT2D eigenvalue weighted by molar-refractivity contribution is 0.0734. The molecule has 1 atom stereocenters. The van der Waals surface area contributed by atoms with Gasteiger partial charge >= 0.3 is 0 Å². The van der Waals surface area contributed by atoms with E-state index in [0.717, 1.165) is 30.5 Å². The molecule has 122 valence electrons. The van der Waals surface area contributed by atoms with Crippen molar-refractivity contribution in [3.05, 3.63) is 75.2 Å². The van der Waals surface area contributed by atoms with Crippen LogP contribution in [0, 0.1) is 0 Å². The van der Waals surface area contributed by atoms with Crippen LogP contribution >= 0.6 is 0 Å². The minimum absolute atomic E-state index is 0.00687. The molecule has 2 aliphatic rings. The fraction of sp³-hybridized carbons (Fsp3) is 0.300. The lowest BCUT2D eigenvalue weighted by Crippen LogP contribution is -2.33. The van der Waals surface area contributed by atoms with Crippen molar-refractivity contribution in [3.8, 4) is 0 Å². The molecule has 1 aromatic heterocycles. The third-order valence-corrected chi connectivity index (χ3v) is 5.05. The Morgan fingerprint density at radius 1 is 1.21 bits per heavy atom. The first-order valence-electron chi connectivity index (χ1n) is 8.42. The third-order valence-electron chi connectivity index (χ3n) is 5.05. The summed E-state index contributed by atoms with van der Waals surface area (Å²) in [5.74, 6) is 0.0275. The van der Waals surface area contributed by atoms with Gasteiger partial charge < -0.3 is 9.47 Å².